The minimum absolute atomic E-state index is 0.0536. The van der Waals surface area contributed by atoms with Crippen LogP contribution in [0, 0.1) is 0 Å². The van der Waals surface area contributed by atoms with Crippen molar-refractivity contribution in [2.24, 2.45) is 0 Å². The lowest BCUT2D eigenvalue weighted by Gasteiger charge is -2.31. The van der Waals surface area contributed by atoms with Crippen LogP contribution in [-0.2, 0) is 14.8 Å². The van der Waals surface area contributed by atoms with E-state index in [0.29, 0.717) is 31.9 Å². The normalized spacial score (nSPS) is 21.3. The summed E-state index contributed by atoms with van der Waals surface area (Å²) in [6, 6.07) is 4.85. The van der Waals surface area contributed by atoms with Crippen molar-refractivity contribution < 1.29 is 17.9 Å². The standard InChI is InChI=1S/C18H28N4O4S/c1-21(2)27(24,25)15-5-6-17(22-8-10-26-11-9-22)16(12-15)18(23)20-14-4-3-7-19-13-14/h5-6,12,14,19H,3-4,7-11,13H2,1-2H3,(H,20,23). The van der Waals surface area contributed by atoms with E-state index in [4.69, 9.17) is 4.74 Å². The summed E-state index contributed by atoms with van der Waals surface area (Å²) in [6.07, 6.45) is 1.93. The number of nitrogens with zero attached hydrogens (tertiary/aromatic N) is 2. The van der Waals surface area contributed by atoms with Crippen LogP contribution in [0.2, 0.25) is 0 Å². The molecule has 9 heteroatoms. The van der Waals surface area contributed by atoms with Crippen molar-refractivity contribution in [3.63, 3.8) is 0 Å². The lowest BCUT2D eigenvalue weighted by Crippen LogP contribution is -2.46. The first-order chi connectivity index (χ1) is 12.9. The third-order valence-electron chi connectivity index (χ3n) is 4.98. The van der Waals surface area contributed by atoms with Crippen molar-refractivity contribution in [2.75, 3.05) is 58.4 Å². The summed E-state index contributed by atoms with van der Waals surface area (Å²) in [6.45, 7) is 4.21. The van der Waals surface area contributed by atoms with E-state index in [-0.39, 0.29) is 16.8 Å². The largest absolute Gasteiger partial charge is 0.378 e. The molecule has 8 nitrogen and oxygen atoms in total. The molecule has 150 valence electrons. The van der Waals surface area contributed by atoms with Gasteiger partial charge in [-0.2, -0.15) is 0 Å². The molecule has 0 aromatic heterocycles. The Balaban J connectivity index is 1.94. The number of anilines is 1. The second kappa shape index (κ2) is 8.55. The van der Waals surface area contributed by atoms with Crippen molar-refractivity contribution in [1.82, 2.24) is 14.9 Å². The Morgan fingerprint density at radius 2 is 2.04 bits per heavy atom. The van der Waals surface area contributed by atoms with E-state index in [1.165, 1.54) is 20.2 Å². The summed E-state index contributed by atoms with van der Waals surface area (Å²) < 4.78 is 31.6. The minimum atomic E-state index is -3.62. The van der Waals surface area contributed by atoms with Gasteiger partial charge < -0.3 is 20.3 Å². The first kappa shape index (κ1) is 20.1. The fourth-order valence-corrected chi connectivity index (χ4v) is 4.31. The van der Waals surface area contributed by atoms with Gasteiger partial charge in [-0.15, -0.1) is 0 Å². The van der Waals surface area contributed by atoms with Gasteiger partial charge in [-0.1, -0.05) is 0 Å². The predicted octanol–water partition coefficient (Wildman–Crippen LogP) is 0.255. The van der Waals surface area contributed by atoms with Crippen molar-refractivity contribution in [1.29, 1.82) is 0 Å². The molecule has 3 rings (SSSR count). The number of amides is 1. The van der Waals surface area contributed by atoms with Crippen LogP contribution < -0.4 is 15.5 Å². The Kier molecular flexibility index (Phi) is 6.36. The zero-order valence-corrected chi connectivity index (χ0v) is 16.7. The Bertz CT molecular complexity index is 770. The minimum Gasteiger partial charge on any atom is -0.378 e. The summed E-state index contributed by atoms with van der Waals surface area (Å²) in [7, 11) is -0.646. The van der Waals surface area contributed by atoms with E-state index in [2.05, 4.69) is 15.5 Å². The summed E-state index contributed by atoms with van der Waals surface area (Å²) in [4.78, 5) is 15.2. The number of morpholine rings is 1. The topological polar surface area (TPSA) is 91.0 Å². The molecule has 1 atom stereocenters. The maximum atomic E-state index is 13.0. The lowest BCUT2D eigenvalue weighted by molar-refractivity contribution is 0.0929. The molecule has 2 saturated heterocycles. The van der Waals surface area contributed by atoms with Gasteiger partial charge in [0.25, 0.3) is 5.91 Å². The average Bonchev–Trinajstić information content (AvgIpc) is 2.68. The van der Waals surface area contributed by atoms with Crippen molar-refractivity contribution >= 4 is 21.6 Å². The van der Waals surface area contributed by atoms with Gasteiger partial charge in [-0.3, -0.25) is 4.79 Å². The summed E-state index contributed by atoms with van der Waals surface area (Å²) >= 11 is 0. The molecule has 0 bridgehead atoms. The van der Waals surface area contributed by atoms with E-state index in [1.807, 2.05) is 0 Å². The van der Waals surface area contributed by atoms with E-state index in [9.17, 15) is 13.2 Å². The van der Waals surface area contributed by atoms with E-state index in [1.54, 1.807) is 12.1 Å². The van der Waals surface area contributed by atoms with Crippen LogP contribution in [0.5, 0.6) is 0 Å². The quantitative estimate of drug-likeness (QED) is 0.742. The van der Waals surface area contributed by atoms with Crippen LogP contribution in [-0.4, -0.2) is 78.2 Å². The highest BCUT2D eigenvalue weighted by Gasteiger charge is 2.25. The summed E-state index contributed by atoms with van der Waals surface area (Å²) in [5, 5.41) is 6.33. The monoisotopic (exact) mass is 396 g/mol. The second-order valence-corrected chi connectivity index (χ2v) is 9.23. The molecule has 2 heterocycles. The van der Waals surface area contributed by atoms with Crippen LogP contribution in [0.3, 0.4) is 0 Å². The number of nitrogens with one attached hydrogen (secondary N) is 2. The fraction of sp³-hybridized carbons (Fsp3) is 0.611. The highest BCUT2D eigenvalue weighted by molar-refractivity contribution is 7.89. The van der Waals surface area contributed by atoms with E-state index in [0.717, 1.165) is 35.9 Å². The van der Waals surface area contributed by atoms with Gasteiger partial charge >= 0.3 is 0 Å². The molecule has 0 spiro atoms. The number of carbonyl (C=O) groups is 1. The molecule has 1 aromatic carbocycles. The first-order valence-corrected chi connectivity index (χ1v) is 10.7. The zero-order valence-electron chi connectivity index (χ0n) is 15.9. The van der Waals surface area contributed by atoms with Gasteiger partial charge in [0.15, 0.2) is 0 Å². The molecule has 1 amide bonds. The molecule has 0 saturated carbocycles. The number of hydrogen-bond acceptors (Lipinski definition) is 6. The Labute approximate surface area is 160 Å². The Morgan fingerprint density at radius 3 is 2.67 bits per heavy atom. The SMILES string of the molecule is CN(C)S(=O)(=O)c1ccc(N2CCOCC2)c(C(=O)NC2CCCNC2)c1. The lowest BCUT2D eigenvalue weighted by atomic mass is 10.1. The van der Waals surface area contributed by atoms with Crippen LogP contribution in [0.4, 0.5) is 5.69 Å². The van der Waals surface area contributed by atoms with E-state index >= 15 is 0 Å². The maximum absolute atomic E-state index is 13.0. The van der Waals surface area contributed by atoms with Crippen molar-refractivity contribution in [3.05, 3.63) is 23.8 Å². The molecule has 1 aromatic rings. The van der Waals surface area contributed by atoms with Crippen LogP contribution >= 0.6 is 0 Å². The molecular formula is C18H28N4O4S. The molecule has 2 N–H and O–H groups in total. The average molecular weight is 397 g/mol. The van der Waals surface area contributed by atoms with Crippen LogP contribution in [0.1, 0.15) is 23.2 Å². The Morgan fingerprint density at radius 1 is 1.30 bits per heavy atom. The molecule has 0 radical (unpaired) electrons. The number of rotatable bonds is 5. The molecule has 1 unspecified atom stereocenters. The number of sulfonamides is 1. The Hall–Kier alpha value is -1.68. The molecule has 0 aliphatic carbocycles. The number of hydrogen-bond donors (Lipinski definition) is 2. The number of benzene rings is 1. The third kappa shape index (κ3) is 4.60. The van der Waals surface area contributed by atoms with Gasteiger partial charge in [0, 0.05) is 45.5 Å². The first-order valence-electron chi connectivity index (χ1n) is 9.30. The highest BCUT2D eigenvalue weighted by Crippen LogP contribution is 2.26. The fourth-order valence-electron chi connectivity index (χ4n) is 3.39. The van der Waals surface area contributed by atoms with E-state index < -0.39 is 10.0 Å². The summed E-state index contributed by atoms with van der Waals surface area (Å²) in [5.74, 6) is -0.235. The van der Waals surface area contributed by atoms with Gasteiger partial charge in [0.1, 0.15) is 0 Å². The zero-order chi connectivity index (χ0) is 19.4. The van der Waals surface area contributed by atoms with Crippen molar-refractivity contribution in [2.45, 2.75) is 23.8 Å². The van der Waals surface area contributed by atoms with Gasteiger partial charge in [0.05, 0.1) is 23.7 Å². The van der Waals surface area contributed by atoms with Crippen LogP contribution in [0.25, 0.3) is 0 Å². The van der Waals surface area contributed by atoms with Crippen molar-refractivity contribution in [3.8, 4) is 0 Å². The highest BCUT2D eigenvalue weighted by atomic mass is 32.2. The number of ether oxygens (including phenoxy) is 1. The molecule has 27 heavy (non-hydrogen) atoms. The van der Waals surface area contributed by atoms with Gasteiger partial charge in [-0.05, 0) is 37.6 Å². The maximum Gasteiger partial charge on any atom is 0.253 e. The second-order valence-electron chi connectivity index (χ2n) is 7.08. The predicted molar refractivity (Wildman–Crippen MR) is 104 cm³/mol. The number of carbonyl (C=O) groups excluding carboxylic acids is 1. The van der Waals surface area contributed by atoms with Crippen LogP contribution in [0.15, 0.2) is 23.1 Å². The van der Waals surface area contributed by atoms with Gasteiger partial charge in [0.2, 0.25) is 10.0 Å². The molecular weight excluding hydrogens is 368 g/mol. The molecule has 2 aliphatic rings. The summed E-state index contributed by atoms with van der Waals surface area (Å²) in [5.41, 5.74) is 1.14. The van der Waals surface area contributed by atoms with Gasteiger partial charge in [-0.25, -0.2) is 12.7 Å². The molecule has 2 fully saturated rings. The smallest absolute Gasteiger partial charge is 0.253 e. The number of piperidine rings is 1. The molecule has 2 aliphatic heterocycles. The third-order valence-corrected chi connectivity index (χ3v) is 6.79.